The van der Waals surface area contributed by atoms with Crippen LogP contribution in [0.3, 0.4) is 0 Å². The monoisotopic (exact) mass is 279 g/mol. The SMILES string of the molecule is CCNCC(Cc1cccc(F)c1)CC1CCC(C)O1. The second-order valence-electron chi connectivity index (χ2n) is 5.89. The zero-order chi connectivity index (χ0) is 14.4. The molecule has 0 bridgehead atoms. The van der Waals surface area contributed by atoms with Gasteiger partial charge in [-0.1, -0.05) is 19.1 Å². The normalized spacial score (nSPS) is 23.9. The fourth-order valence-corrected chi connectivity index (χ4v) is 3.01. The van der Waals surface area contributed by atoms with Crippen molar-refractivity contribution in [3.05, 3.63) is 35.6 Å². The van der Waals surface area contributed by atoms with Crippen LogP contribution in [0.4, 0.5) is 4.39 Å². The van der Waals surface area contributed by atoms with E-state index in [1.165, 1.54) is 12.5 Å². The van der Waals surface area contributed by atoms with Gasteiger partial charge in [0.15, 0.2) is 0 Å². The first-order valence-electron chi connectivity index (χ1n) is 7.78. The minimum absolute atomic E-state index is 0.143. The van der Waals surface area contributed by atoms with Crippen LogP contribution in [0, 0.1) is 11.7 Å². The van der Waals surface area contributed by atoms with Crippen LogP contribution in [0.5, 0.6) is 0 Å². The number of hydrogen-bond acceptors (Lipinski definition) is 2. The van der Waals surface area contributed by atoms with Gasteiger partial charge in [0.2, 0.25) is 0 Å². The smallest absolute Gasteiger partial charge is 0.123 e. The van der Waals surface area contributed by atoms with E-state index in [9.17, 15) is 4.39 Å². The Bertz CT molecular complexity index is 410. The van der Waals surface area contributed by atoms with Gasteiger partial charge in [0.05, 0.1) is 12.2 Å². The third kappa shape index (κ3) is 4.88. The summed E-state index contributed by atoms with van der Waals surface area (Å²) in [4.78, 5) is 0. The van der Waals surface area contributed by atoms with Gasteiger partial charge in [0.25, 0.3) is 0 Å². The molecule has 1 saturated heterocycles. The molecule has 0 saturated carbocycles. The lowest BCUT2D eigenvalue weighted by Gasteiger charge is -2.21. The van der Waals surface area contributed by atoms with Gasteiger partial charge < -0.3 is 10.1 Å². The predicted molar refractivity (Wildman–Crippen MR) is 80.3 cm³/mol. The molecule has 1 aliphatic heterocycles. The highest BCUT2D eigenvalue weighted by atomic mass is 19.1. The van der Waals surface area contributed by atoms with Crippen molar-refractivity contribution in [2.24, 2.45) is 5.92 Å². The first-order valence-corrected chi connectivity index (χ1v) is 7.78. The Morgan fingerprint density at radius 2 is 2.25 bits per heavy atom. The number of benzene rings is 1. The fraction of sp³-hybridized carbons (Fsp3) is 0.647. The molecule has 0 amide bonds. The average molecular weight is 279 g/mol. The molecule has 0 aromatic heterocycles. The van der Waals surface area contributed by atoms with Crippen molar-refractivity contribution < 1.29 is 9.13 Å². The van der Waals surface area contributed by atoms with Gasteiger partial charge in [-0.05, 0) is 69.3 Å². The highest BCUT2D eigenvalue weighted by Crippen LogP contribution is 2.26. The third-order valence-electron chi connectivity index (χ3n) is 4.01. The Balaban J connectivity index is 1.92. The molecule has 1 N–H and O–H groups in total. The van der Waals surface area contributed by atoms with Gasteiger partial charge >= 0.3 is 0 Å². The van der Waals surface area contributed by atoms with E-state index < -0.39 is 0 Å². The molecule has 2 nitrogen and oxygen atoms in total. The fourth-order valence-electron chi connectivity index (χ4n) is 3.01. The van der Waals surface area contributed by atoms with Crippen LogP contribution in [-0.4, -0.2) is 25.3 Å². The molecule has 3 unspecified atom stereocenters. The van der Waals surface area contributed by atoms with Crippen LogP contribution in [-0.2, 0) is 11.2 Å². The maximum atomic E-state index is 13.3. The summed E-state index contributed by atoms with van der Waals surface area (Å²) in [7, 11) is 0. The van der Waals surface area contributed by atoms with Crippen LogP contribution in [0.25, 0.3) is 0 Å². The first-order chi connectivity index (χ1) is 9.67. The number of ether oxygens (including phenoxy) is 1. The molecule has 0 spiro atoms. The van der Waals surface area contributed by atoms with Gasteiger partial charge in [0, 0.05) is 0 Å². The number of halogens is 1. The molecular weight excluding hydrogens is 253 g/mol. The summed E-state index contributed by atoms with van der Waals surface area (Å²) in [6.45, 7) is 6.21. The number of rotatable bonds is 7. The summed E-state index contributed by atoms with van der Waals surface area (Å²) in [5.41, 5.74) is 1.08. The van der Waals surface area contributed by atoms with Gasteiger partial charge in [0.1, 0.15) is 5.82 Å². The Kier molecular flexibility index (Phi) is 5.99. The van der Waals surface area contributed by atoms with Gasteiger partial charge in [-0.3, -0.25) is 0 Å². The van der Waals surface area contributed by atoms with Crippen LogP contribution < -0.4 is 5.32 Å². The second-order valence-corrected chi connectivity index (χ2v) is 5.89. The summed E-state index contributed by atoms with van der Waals surface area (Å²) >= 11 is 0. The topological polar surface area (TPSA) is 21.3 Å². The Hall–Kier alpha value is -0.930. The Labute approximate surface area is 121 Å². The van der Waals surface area contributed by atoms with Crippen LogP contribution in [0.1, 0.15) is 38.7 Å². The summed E-state index contributed by atoms with van der Waals surface area (Å²) in [6, 6.07) is 6.96. The molecule has 2 rings (SSSR count). The lowest BCUT2D eigenvalue weighted by atomic mass is 9.92. The van der Waals surface area contributed by atoms with Crippen molar-refractivity contribution >= 4 is 0 Å². The lowest BCUT2D eigenvalue weighted by Crippen LogP contribution is -2.27. The van der Waals surface area contributed by atoms with Crippen molar-refractivity contribution in [3.63, 3.8) is 0 Å². The van der Waals surface area contributed by atoms with E-state index in [2.05, 4.69) is 19.2 Å². The van der Waals surface area contributed by atoms with E-state index in [0.717, 1.165) is 37.9 Å². The number of hydrogen-bond donors (Lipinski definition) is 1. The minimum Gasteiger partial charge on any atom is -0.375 e. The lowest BCUT2D eigenvalue weighted by molar-refractivity contribution is 0.0408. The van der Waals surface area contributed by atoms with Crippen molar-refractivity contribution in [2.45, 2.75) is 51.7 Å². The molecule has 1 fully saturated rings. The van der Waals surface area contributed by atoms with Crippen molar-refractivity contribution in [3.8, 4) is 0 Å². The molecule has 1 aromatic rings. The van der Waals surface area contributed by atoms with E-state index in [1.807, 2.05) is 6.07 Å². The van der Waals surface area contributed by atoms with E-state index >= 15 is 0 Å². The largest absolute Gasteiger partial charge is 0.375 e. The Morgan fingerprint density at radius 3 is 2.90 bits per heavy atom. The van der Waals surface area contributed by atoms with Crippen LogP contribution >= 0.6 is 0 Å². The molecule has 0 aliphatic carbocycles. The van der Waals surface area contributed by atoms with Crippen molar-refractivity contribution in [2.75, 3.05) is 13.1 Å². The molecule has 20 heavy (non-hydrogen) atoms. The highest BCUT2D eigenvalue weighted by molar-refractivity contribution is 5.17. The van der Waals surface area contributed by atoms with Crippen molar-refractivity contribution in [1.29, 1.82) is 0 Å². The quantitative estimate of drug-likeness (QED) is 0.824. The molecule has 0 radical (unpaired) electrons. The maximum Gasteiger partial charge on any atom is 0.123 e. The second kappa shape index (κ2) is 7.75. The van der Waals surface area contributed by atoms with Gasteiger partial charge in [-0.15, -0.1) is 0 Å². The van der Waals surface area contributed by atoms with Crippen LogP contribution in [0.2, 0.25) is 0 Å². The molecule has 1 heterocycles. The maximum absolute atomic E-state index is 13.3. The summed E-state index contributed by atoms with van der Waals surface area (Å²) in [6.07, 6.45) is 5.08. The summed E-state index contributed by atoms with van der Waals surface area (Å²) < 4.78 is 19.2. The van der Waals surface area contributed by atoms with Gasteiger partial charge in [-0.2, -0.15) is 0 Å². The average Bonchev–Trinajstić information content (AvgIpc) is 2.81. The van der Waals surface area contributed by atoms with E-state index in [-0.39, 0.29) is 5.82 Å². The molecule has 112 valence electrons. The van der Waals surface area contributed by atoms with Crippen molar-refractivity contribution in [1.82, 2.24) is 5.32 Å². The van der Waals surface area contributed by atoms with E-state index in [0.29, 0.717) is 18.1 Å². The zero-order valence-corrected chi connectivity index (χ0v) is 12.6. The molecule has 1 aromatic carbocycles. The predicted octanol–water partition coefficient (Wildman–Crippen LogP) is 3.55. The molecule has 3 atom stereocenters. The molecule has 1 aliphatic rings. The Morgan fingerprint density at radius 1 is 1.40 bits per heavy atom. The standard InChI is InChI=1S/C17H26FNO/c1-3-19-12-15(11-17-8-7-13(2)20-17)9-14-5-4-6-16(18)10-14/h4-6,10,13,15,17,19H,3,7-9,11-12H2,1-2H3. The van der Waals surface area contributed by atoms with Crippen LogP contribution in [0.15, 0.2) is 24.3 Å². The summed E-state index contributed by atoms with van der Waals surface area (Å²) in [5.74, 6) is 0.363. The molecule has 3 heteroatoms. The van der Waals surface area contributed by atoms with Gasteiger partial charge in [-0.25, -0.2) is 4.39 Å². The molecular formula is C17H26FNO. The van der Waals surface area contributed by atoms with E-state index in [4.69, 9.17) is 4.74 Å². The number of nitrogens with one attached hydrogen (secondary N) is 1. The third-order valence-corrected chi connectivity index (χ3v) is 4.01. The van der Waals surface area contributed by atoms with E-state index in [1.54, 1.807) is 12.1 Å². The minimum atomic E-state index is -0.143. The first kappa shape index (κ1) is 15.5. The summed E-state index contributed by atoms with van der Waals surface area (Å²) in [5, 5.41) is 3.42. The zero-order valence-electron chi connectivity index (χ0n) is 12.6. The highest BCUT2D eigenvalue weighted by Gasteiger charge is 2.25.